The Morgan fingerprint density at radius 1 is 1.13 bits per heavy atom. The standard InChI is InChI=1S/C24H30N2O5/c1-4-9-18-14-19(15-21(29-2)22(18)30-3)24(28)26-13-8-12-20(26)23(27)25-31-16-17-10-6-5-7-11-17/h5-7,10-11,14-15,20H,4,8-9,12-13,16H2,1-3H3,(H,25,27). The van der Waals surface area contributed by atoms with Gasteiger partial charge in [0.2, 0.25) is 0 Å². The van der Waals surface area contributed by atoms with Gasteiger partial charge in [0.25, 0.3) is 11.8 Å². The van der Waals surface area contributed by atoms with Crippen LogP contribution in [0, 0.1) is 0 Å². The highest BCUT2D eigenvalue weighted by molar-refractivity contribution is 5.98. The van der Waals surface area contributed by atoms with Crippen LogP contribution in [0.3, 0.4) is 0 Å². The van der Waals surface area contributed by atoms with E-state index in [9.17, 15) is 9.59 Å². The number of aryl methyl sites for hydroxylation is 1. The fourth-order valence-corrected chi connectivity index (χ4v) is 3.90. The summed E-state index contributed by atoms with van der Waals surface area (Å²) in [5, 5.41) is 0. The molecule has 1 aliphatic rings. The molecule has 0 aliphatic carbocycles. The smallest absolute Gasteiger partial charge is 0.266 e. The van der Waals surface area contributed by atoms with Crippen LogP contribution in [0.2, 0.25) is 0 Å². The summed E-state index contributed by atoms with van der Waals surface area (Å²) in [5.41, 5.74) is 4.87. The van der Waals surface area contributed by atoms with Crippen molar-refractivity contribution in [3.05, 3.63) is 59.2 Å². The first-order valence-electron chi connectivity index (χ1n) is 10.6. The van der Waals surface area contributed by atoms with Gasteiger partial charge < -0.3 is 14.4 Å². The van der Waals surface area contributed by atoms with Crippen LogP contribution in [0.25, 0.3) is 0 Å². The quantitative estimate of drug-likeness (QED) is 0.621. The van der Waals surface area contributed by atoms with Crippen molar-refractivity contribution in [1.82, 2.24) is 10.4 Å². The normalized spacial score (nSPS) is 15.6. The molecule has 1 unspecified atom stereocenters. The minimum Gasteiger partial charge on any atom is -0.493 e. The molecule has 0 radical (unpaired) electrons. The second-order valence-electron chi connectivity index (χ2n) is 7.52. The highest BCUT2D eigenvalue weighted by Gasteiger charge is 2.35. The number of hydrogen-bond donors (Lipinski definition) is 1. The van der Waals surface area contributed by atoms with E-state index in [-0.39, 0.29) is 18.4 Å². The average molecular weight is 427 g/mol. The highest BCUT2D eigenvalue weighted by Crippen LogP contribution is 2.34. The summed E-state index contributed by atoms with van der Waals surface area (Å²) in [6.45, 7) is 2.85. The number of benzene rings is 2. The molecular weight excluding hydrogens is 396 g/mol. The van der Waals surface area contributed by atoms with E-state index < -0.39 is 6.04 Å². The van der Waals surface area contributed by atoms with E-state index in [0.29, 0.717) is 30.0 Å². The average Bonchev–Trinajstić information content (AvgIpc) is 3.29. The fourth-order valence-electron chi connectivity index (χ4n) is 3.90. The Hall–Kier alpha value is -3.06. The van der Waals surface area contributed by atoms with E-state index in [2.05, 4.69) is 12.4 Å². The molecule has 1 saturated heterocycles. The van der Waals surface area contributed by atoms with E-state index >= 15 is 0 Å². The molecule has 0 saturated carbocycles. The molecule has 2 aromatic carbocycles. The second-order valence-corrected chi connectivity index (χ2v) is 7.52. The first-order chi connectivity index (χ1) is 15.1. The van der Waals surface area contributed by atoms with Gasteiger partial charge in [-0.1, -0.05) is 43.7 Å². The number of rotatable bonds is 9. The number of carbonyl (C=O) groups excluding carboxylic acids is 2. The zero-order valence-electron chi connectivity index (χ0n) is 18.3. The number of hydrogen-bond acceptors (Lipinski definition) is 5. The third kappa shape index (κ3) is 5.35. The van der Waals surface area contributed by atoms with Crippen LogP contribution < -0.4 is 15.0 Å². The molecule has 1 fully saturated rings. The van der Waals surface area contributed by atoms with Crippen molar-refractivity contribution in [2.24, 2.45) is 0 Å². The molecule has 0 aromatic heterocycles. The number of methoxy groups -OCH3 is 2. The lowest BCUT2D eigenvalue weighted by atomic mass is 10.0. The van der Waals surface area contributed by atoms with Gasteiger partial charge in [0.05, 0.1) is 20.8 Å². The first kappa shape index (κ1) is 22.6. The van der Waals surface area contributed by atoms with Crippen LogP contribution in [0.5, 0.6) is 11.5 Å². The van der Waals surface area contributed by atoms with Crippen LogP contribution in [-0.2, 0) is 22.7 Å². The topological polar surface area (TPSA) is 77.1 Å². The van der Waals surface area contributed by atoms with Crippen molar-refractivity contribution in [2.75, 3.05) is 20.8 Å². The maximum atomic E-state index is 13.3. The van der Waals surface area contributed by atoms with Crippen molar-refractivity contribution in [1.29, 1.82) is 0 Å². The van der Waals surface area contributed by atoms with Crippen molar-refractivity contribution in [2.45, 2.75) is 45.3 Å². The summed E-state index contributed by atoms with van der Waals surface area (Å²) in [4.78, 5) is 33.0. The van der Waals surface area contributed by atoms with Crippen LogP contribution in [0.1, 0.15) is 47.7 Å². The van der Waals surface area contributed by atoms with E-state index in [1.165, 1.54) is 0 Å². The largest absolute Gasteiger partial charge is 0.493 e. The van der Waals surface area contributed by atoms with Crippen molar-refractivity contribution in [3.8, 4) is 11.5 Å². The number of ether oxygens (including phenoxy) is 2. The van der Waals surface area contributed by atoms with Gasteiger partial charge >= 0.3 is 0 Å². The number of hydroxylamine groups is 1. The summed E-state index contributed by atoms with van der Waals surface area (Å²) in [5.74, 6) is 0.657. The molecule has 0 spiro atoms. The zero-order valence-corrected chi connectivity index (χ0v) is 18.3. The van der Waals surface area contributed by atoms with Crippen molar-refractivity contribution in [3.63, 3.8) is 0 Å². The lowest BCUT2D eigenvalue weighted by Crippen LogP contribution is -2.45. The number of amides is 2. The molecule has 7 nitrogen and oxygen atoms in total. The van der Waals surface area contributed by atoms with Crippen LogP contribution in [0.15, 0.2) is 42.5 Å². The van der Waals surface area contributed by atoms with Crippen molar-refractivity contribution >= 4 is 11.8 Å². The summed E-state index contributed by atoms with van der Waals surface area (Å²) in [6.07, 6.45) is 3.03. The lowest BCUT2D eigenvalue weighted by molar-refractivity contribution is -0.138. The van der Waals surface area contributed by atoms with E-state index in [4.69, 9.17) is 14.3 Å². The van der Waals surface area contributed by atoms with E-state index in [1.807, 2.05) is 36.4 Å². The molecule has 31 heavy (non-hydrogen) atoms. The Labute approximate surface area is 183 Å². The van der Waals surface area contributed by atoms with E-state index in [0.717, 1.165) is 30.4 Å². The molecule has 2 aromatic rings. The van der Waals surface area contributed by atoms with Gasteiger partial charge in [0.1, 0.15) is 6.04 Å². The molecular formula is C24H30N2O5. The maximum absolute atomic E-state index is 13.3. The number of likely N-dealkylation sites (tertiary alicyclic amines) is 1. The predicted octanol–water partition coefficient (Wildman–Crippen LogP) is 3.51. The third-order valence-corrected chi connectivity index (χ3v) is 5.39. The molecule has 3 rings (SSSR count). The van der Waals surface area contributed by atoms with Gasteiger partial charge in [-0.05, 0) is 42.5 Å². The number of nitrogens with one attached hydrogen (secondary N) is 1. The predicted molar refractivity (Wildman–Crippen MR) is 117 cm³/mol. The minimum atomic E-state index is -0.564. The van der Waals surface area contributed by atoms with Gasteiger partial charge in [0, 0.05) is 12.1 Å². The van der Waals surface area contributed by atoms with Crippen LogP contribution >= 0.6 is 0 Å². The second kappa shape index (κ2) is 10.8. The Kier molecular flexibility index (Phi) is 7.89. The summed E-state index contributed by atoms with van der Waals surface area (Å²) in [6, 6.07) is 12.5. The van der Waals surface area contributed by atoms with Gasteiger partial charge in [-0.15, -0.1) is 0 Å². The molecule has 166 valence electrons. The molecule has 1 heterocycles. The van der Waals surface area contributed by atoms with E-state index in [1.54, 1.807) is 25.2 Å². The van der Waals surface area contributed by atoms with Gasteiger partial charge in [-0.25, -0.2) is 5.48 Å². The summed E-state index contributed by atoms with van der Waals surface area (Å²) in [7, 11) is 3.15. The first-order valence-corrected chi connectivity index (χ1v) is 10.6. The molecule has 1 aliphatic heterocycles. The maximum Gasteiger partial charge on any atom is 0.266 e. The van der Waals surface area contributed by atoms with Gasteiger partial charge in [-0.3, -0.25) is 14.4 Å². The fraction of sp³-hybridized carbons (Fsp3) is 0.417. The number of nitrogens with zero attached hydrogens (tertiary/aromatic N) is 1. The Balaban J connectivity index is 1.71. The monoisotopic (exact) mass is 426 g/mol. The molecule has 2 amide bonds. The Morgan fingerprint density at radius 2 is 1.90 bits per heavy atom. The van der Waals surface area contributed by atoms with Crippen LogP contribution in [-0.4, -0.2) is 43.5 Å². The molecule has 0 bridgehead atoms. The highest BCUT2D eigenvalue weighted by atomic mass is 16.6. The molecule has 1 N–H and O–H groups in total. The lowest BCUT2D eigenvalue weighted by Gasteiger charge is -2.24. The third-order valence-electron chi connectivity index (χ3n) is 5.39. The summed E-state index contributed by atoms with van der Waals surface area (Å²) >= 11 is 0. The van der Waals surface area contributed by atoms with Gasteiger partial charge in [-0.2, -0.15) is 0 Å². The van der Waals surface area contributed by atoms with Gasteiger partial charge in [0.15, 0.2) is 11.5 Å². The van der Waals surface area contributed by atoms with Crippen LogP contribution in [0.4, 0.5) is 0 Å². The SMILES string of the molecule is CCCc1cc(C(=O)N2CCCC2C(=O)NOCc2ccccc2)cc(OC)c1OC. The summed E-state index contributed by atoms with van der Waals surface area (Å²) < 4.78 is 10.9. The molecule has 1 atom stereocenters. The Morgan fingerprint density at radius 3 is 2.58 bits per heavy atom. The number of carbonyl (C=O) groups is 2. The van der Waals surface area contributed by atoms with Crippen molar-refractivity contribution < 1.29 is 23.9 Å². The Bertz CT molecular complexity index is 900. The zero-order chi connectivity index (χ0) is 22.2. The molecule has 7 heteroatoms. The minimum absolute atomic E-state index is 0.195.